The third-order valence-electron chi connectivity index (χ3n) is 3.15. The number of phenolic OH excluding ortho intramolecular Hbond substituents is 1. The summed E-state index contributed by atoms with van der Waals surface area (Å²) in [5, 5.41) is 9.92. The number of benzene rings is 2. The monoisotopic (exact) mass is 315 g/mol. The molecule has 0 spiro atoms. The highest BCUT2D eigenvalue weighted by Gasteiger charge is 2.31. The molecular weight excluding hydrogens is 302 g/mol. The van der Waals surface area contributed by atoms with Gasteiger partial charge in [0.2, 0.25) is 0 Å². The number of aromatic hydroxyl groups is 1. The summed E-state index contributed by atoms with van der Waals surface area (Å²) in [5.41, 5.74) is 6.58. The molecule has 0 unspecified atom stereocenters. The molecule has 0 aliphatic carbocycles. The van der Waals surface area contributed by atoms with Gasteiger partial charge in [-0.05, 0) is 36.2 Å². The first kappa shape index (κ1) is 16.1. The molecule has 0 fully saturated rings. The maximum atomic E-state index is 13.9. The maximum Gasteiger partial charge on any atom is 0.573 e. The average molecular weight is 315 g/mol. The van der Waals surface area contributed by atoms with Crippen LogP contribution in [-0.2, 0) is 0 Å². The van der Waals surface area contributed by atoms with Crippen LogP contribution in [0.5, 0.6) is 11.5 Å². The van der Waals surface area contributed by atoms with Crippen LogP contribution in [0.1, 0.15) is 22.7 Å². The molecule has 0 saturated heterocycles. The minimum atomic E-state index is -4.79. The number of alkyl halides is 3. The van der Waals surface area contributed by atoms with Crippen molar-refractivity contribution in [2.45, 2.75) is 19.3 Å². The Balaban J connectivity index is 2.31. The zero-order valence-corrected chi connectivity index (χ0v) is 11.5. The van der Waals surface area contributed by atoms with Crippen molar-refractivity contribution >= 4 is 0 Å². The van der Waals surface area contributed by atoms with Crippen molar-refractivity contribution in [3.8, 4) is 11.5 Å². The summed E-state index contributed by atoms with van der Waals surface area (Å²) in [6, 6.07) is 6.28. The van der Waals surface area contributed by atoms with E-state index in [1.165, 1.54) is 24.3 Å². The molecule has 0 aromatic heterocycles. The topological polar surface area (TPSA) is 55.5 Å². The molecule has 118 valence electrons. The summed E-state index contributed by atoms with van der Waals surface area (Å²) in [6.45, 7) is 1.59. The fourth-order valence-corrected chi connectivity index (χ4v) is 2.03. The quantitative estimate of drug-likeness (QED) is 0.847. The highest BCUT2D eigenvalue weighted by molar-refractivity contribution is 5.46. The predicted octanol–water partition coefficient (Wildman–Crippen LogP) is 3.79. The summed E-state index contributed by atoms with van der Waals surface area (Å²) in [7, 11) is 0. The fourth-order valence-electron chi connectivity index (χ4n) is 2.03. The van der Waals surface area contributed by atoms with Crippen LogP contribution in [0.3, 0.4) is 0 Å². The van der Waals surface area contributed by atoms with Gasteiger partial charge in [-0.3, -0.25) is 0 Å². The van der Waals surface area contributed by atoms with Crippen molar-refractivity contribution in [2.75, 3.05) is 0 Å². The molecule has 0 bridgehead atoms. The molecule has 3 N–H and O–H groups in total. The van der Waals surface area contributed by atoms with Gasteiger partial charge < -0.3 is 15.6 Å². The molecule has 22 heavy (non-hydrogen) atoms. The lowest BCUT2D eigenvalue weighted by Crippen LogP contribution is -2.17. The van der Waals surface area contributed by atoms with Crippen molar-refractivity contribution in [3.63, 3.8) is 0 Å². The Morgan fingerprint density at radius 1 is 1.09 bits per heavy atom. The van der Waals surface area contributed by atoms with E-state index in [0.717, 1.165) is 12.1 Å². The Morgan fingerprint density at radius 2 is 1.68 bits per heavy atom. The van der Waals surface area contributed by atoms with E-state index in [-0.39, 0.29) is 11.3 Å². The Morgan fingerprint density at radius 3 is 2.23 bits per heavy atom. The van der Waals surface area contributed by atoms with Crippen molar-refractivity contribution in [1.29, 1.82) is 0 Å². The van der Waals surface area contributed by atoms with E-state index in [1.54, 1.807) is 6.92 Å². The number of rotatable bonds is 3. The van der Waals surface area contributed by atoms with Crippen LogP contribution in [0.15, 0.2) is 36.4 Å². The summed E-state index contributed by atoms with van der Waals surface area (Å²) in [4.78, 5) is 0. The number of hydrogen-bond donors (Lipinski definition) is 2. The van der Waals surface area contributed by atoms with Crippen LogP contribution in [0, 0.1) is 12.7 Å². The third kappa shape index (κ3) is 3.48. The van der Waals surface area contributed by atoms with Gasteiger partial charge in [-0.1, -0.05) is 18.2 Å². The second kappa shape index (κ2) is 5.84. The summed E-state index contributed by atoms with van der Waals surface area (Å²) in [5.74, 6) is -1.37. The standard InChI is InChI=1S/C15H13F4NO2/c1-8-2-7-11(16)12(14(8)21)13(20)9-3-5-10(6-4-9)22-15(17,18)19/h2-7,13,21H,20H2,1H3/t13-/m0/s1. The molecule has 0 amide bonds. The van der Waals surface area contributed by atoms with E-state index in [0.29, 0.717) is 11.1 Å². The lowest BCUT2D eigenvalue weighted by atomic mass is 9.96. The summed E-state index contributed by atoms with van der Waals surface area (Å²) >= 11 is 0. The van der Waals surface area contributed by atoms with Crippen molar-refractivity contribution in [3.05, 3.63) is 58.9 Å². The van der Waals surface area contributed by atoms with E-state index in [2.05, 4.69) is 4.74 Å². The van der Waals surface area contributed by atoms with Gasteiger partial charge in [-0.15, -0.1) is 13.2 Å². The van der Waals surface area contributed by atoms with Crippen LogP contribution in [0.4, 0.5) is 17.6 Å². The number of halogens is 4. The highest BCUT2D eigenvalue weighted by atomic mass is 19.4. The van der Waals surface area contributed by atoms with Crippen LogP contribution in [-0.4, -0.2) is 11.5 Å². The maximum absolute atomic E-state index is 13.9. The molecule has 0 radical (unpaired) electrons. The zero-order valence-electron chi connectivity index (χ0n) is 11.5. The van der Waals surface area contributed by atoms with E-state index in [1.807, 2.05) is 0 Å². The van der Waals surface area contributed by atoms with E-state index in [4.69, 9.17) is 5.73 Å². The molecule has 0 aliphatic rings. The Kier molecular flexibility index (Phi) is 4.27. The molecule has 0 saturated carbocycles. The highest BCUT2D eigenvalue weighted by Crippen LogP contribution is 2.33. The van der Waals surface area contributed by atoms with Gasteiger partial charge in [0.15, 0.2) is 0 Å². The SMILES string of the molecule is Cc1ccc(F)c([C@@H](N)c2ccc(OC(F)(F)F)cc2)c1O. The predicted molar refractivity (Wildman–Crippen MR) is 72.0 cm³/mol. The van der Waals surface area contributed by atoms with Crippen molar-refractivity contribution < 1.29 is 27.4 Å². The first-order valence-corrected chi connectivity index (χ1v) is 6.28. The lowest BCUT2D eigenvalue weighted by molar-refractivity contribution is -0.274. The first-order valence-electron chi connectivity index (χ1n) is 6.28. The number of nitrogens with two attached hydrogens (primary N) is 1. The molecule has 2 rings (SSSR count). The number of aryl methyl sites for hydroxylation is 1. The van der Waals surface area contributed by atoms with Gasteiger partial charge in [0, 0.05) is 0 Å². The molecular formula is C15H13F4NO2. The van der Waals surface area contributed by atoms with E-state index in [9.17, 15) is 22.7 Å². The molecule has 1 atom stereocenters. The van der Waals surface area contributed by atoms with Crippen LogP contribution in [0.25, 0.3) is 0 Å². The molecule has 0 aliphatic heterocycles. The van der Waals surface area contributed by atoms with Crippen LogP contribution >= 0.6 is 0 Å². The largest absolute Gasteiger partial charge is 0.573 e. The molecule has 3 nitrogen and oxygen atoms in total. The molecule has 2 aromatic carbocycles. The fraction of sp³-hybridized carbons (Fsp3) is 0.200. The van der Waals surface area contributed by atoms with Crippen LogP contribution in [0.2, 0.25) is 0 Å². The second-order valence-corrected chi connectivity index (χ2v) is 4.72. The number of hydrogen-bond acceptors (Lipinski definition) is 3. The van der Waals surface area contributed by atoms with Gasteiger partial charge in [0.05, 0.1) is 11.6 Å². The Bertz CT molecular complexity index is 668. The van der Waals surface area contributed by atoms with Gasteiger partial charge in [0.25, 0.3) is 0 Å². The third-order valence-corrected chi connectivity index (χ3v) is 3.15. The van der Waals surface area contributed by atoms with Gasteiger partial charge >= 0.3 is 6.36 Å². The summed E-state index contributed by atoms with van der Waals surface area (Å²) < 4.78 is 53.9. The van der Waals surface area contributed by atoms with E-state index < -0.39 is 24.0 Å². The number of phenols is 1. The molecule has 0 heterocycles. The second-order valence-electron chi connectivity index (χ2n) is 4.72. The van der Waals surface area contributed by atoms with Crippen LogP contribution < -0.4 is 10.5 Å². The smallest absolute Gasteiger partial charge is 0.507 e. The van der Waals surface area contributed by atoms with Gasteiger partial charge in [0.1, 0.15) is 17.3 Å². The normalized spacial score (nSPS) is 13.0. The number of ether oxygens (including phenoxy) is 1. The minimum absolute atomic E-state index is 0.107. The first-order chi connectivity index (χ1) is 10.2. The van der Waals surface area contributed by atoms with Gasteiger partial charge in [-0.2, -0.15) is 0 Å². The summed E-state index contributed by atoms with van der Waals surface area (Å²) in [6.07, 6.45) is -4.79. The van der Waals surface area contributed by atoms with Crippen molar-refractivity contribution in [1.82, 2.24) is 0 Å². The minimum Gasteiger partial charge on any atom is -0.507 e. The molecule has 7 heteroatoms. The zero-order chi connectivity index (χ0) is 16.5. The Hall–Kier alpha value is -2.28. The van der Waals surface area contributed by atoms with E-state index >= 15 is 0 Å². The molecule has 2 aromatic rings. The van der Waals surface area contributed by atoms with Gasteiger partial charge in [-0.25, -0.2) is 4.39 Å². The van der Waals surface area contributed by atoms with Crippen molar-refractivity contribution in [2.24, 2.45) is 5.73 Å². The average Bonchev–Trinajstić information content (AvgIpc) is 2.42. The Labute approximate surface area is 123 Å². The lowest BCUT2D eigenvalue weighted by Gasteiger charge is -2.17.